The van der Waals surface area contributed by atoms with E-state index in [0.717, 1.165) is 30.2 Å². The lowest BCUT2D eigenvalue weighted by Gasteiger charge is -2.38. The Morgan fingerprint density at radius 1 is 0.800 bits per heavy atom. The molecule has 1 saturated heterocycles. The van der Waals surface area contributed by atoms with Gasteiger partial charge >= 0.3 is 0 Å². The number of anilines is 4. The standard InChI is InChI=1S/C23H21ClF3N3/c24-17-7-10-21(19(25)15-17)29-11-13-30(14-12-29)22-4-2-1-3-20(22)28-18-8-5-16(6-9-18)23(26)27/h1-10,15,23,28H,11-14H2. The maximum Gasteiger partial charge on any atom is 0.263 e. The zero-order valence-corrected chi connectivity index (χ0v) is 16.9. The predicted octanol–water partition coefficient (Wildman–Crippen LogP) is 6.49. The SMILES string of the molecule is Fc1cc(Cl)ccc1N1CCN(c2ccccc2Nc2ccc(C(F)F)cc2)CC1. The third-order valence-corrected chi connectivity index (χ3v) is 5.45. The predicted molar refractivity (Wildman–Crippen MR) is 117 cm³/mol. The fraction of sp³-hybridized carbons (Fsp3) is 0.217. The summed E-state index contributed by atoms with van der Waals surface area (Å²) < 4.78 is 39.8. The zero-order chi connectivity index (χ0) is 21.1. The van der Waals surface area contributed by atoms with E-state index in [1.165, 1.54) is 18.2 Å². The second-order valence-corrected chi connectivity index (χ2v) is 7.57. The average Bonchev–Trinajstić information content (AvgIpc) is 2.75. The molecule has 0 bridgehead atoms. The molecule has 30 heavy (non-hydrogen) atoms. The number of para-hydroxylation sites is 2. The van der Waals surface area contributed by atoms with Crippen molar-refractivity contribution in [2.75, 3.05) is 41.3 Å². The van der Waals surface area contributed by atoms with E-state index in [2.05, 4.69) is 10.2 Å². The Hall–Kier alpha value is -2.86. The third-order valence-electron chi connectivity index (χ3n) is 5.22. The Bertz CT molecular complexity index is 1000. The Morgan fingerprint density at radius 3 is 2.07 bits per heavy atom. The van der Waals surface area contributed by atoms with Crippen LogP contribution in [0.3, 0.4) is 0 Å². The van der Waals surface area contributed by atoms with Crippen LogP contribution in [-0.2, 0) is 0 Å². The molecule has 0 unspecified atom stereocenters. The van der Waals surface area contributed by atoms with Crippen LogP contribution in [0.25, 0.3) is 0 Å². The topological polar surface area (TPSA) is 18.5 Å². The smallest absolute Gasteiger partial charge is 0.263 e. The van der Waals surface area contributed by atoms with Crippen molar-refractivity contribution >= 4 is 34.4 Å². The fourth-order valence-corrected chi connectivity index (χ4v) is 3.81. The number of halogens is 4. The minimum Gasteiger partial charge on any atom is -0.366 e. The first kappa shape index (κ1) is 20.4. The molecule has 1 heterocycles. The molecule has 0 saturated carbocycles. The molecule has 1 N–H and O–H groups in total. The summed E-state index contributed by atoms with van der Waals surface area (Å²) in [4.78, 5) is 4.25. The molecule has 3 nitrogen and oxygen atoms in total. The molecule has 0 aromatic heterocycles. The molecule has 0 spiro atoms. The van der Waals surface area contributed by atoms with Crippen molar-refractivity contribution in [3.8, 4) is 0 Å². The maximum absolute atomic E-state index is 14.2. The summed E-state index contributed by atoms with van der Waals surface area (Å²) in [6, 6.07) is 18.8. The van der Waals surface area contributed by atoms with Crippen LogP contribution in [0.15, 0.2) is 66.7 Å². The lowest BCUT2D eigenvalue weighted by molar-refractivity contribution is 0.151. The maximum atomic E-state index is 14.2. The quantitative estimate of drug-likeness (QED) is 0.498. The molecule has 0 amide bonds. The van der Waals surface area contributed by atoms with E-state index in [4.69, 9.17) is 11.6 Å². The van der Waals surface area contributed by atoms with Crippen molar-refractivity contribution in [3.63, 3.8) is 0 Å². The molecule has 156 valence electrons. The van der Waals surface area contributed by atoms with Crippen LogP contribution in [0.2, 0.25) is 5.02 Å². The van der Waals surface area contributed by atoms with Gasteiger partial charge in [-0.05, 0) is 42.5 Å². The summed E-state index contributed by atoms with van der Waals surface area (Å²) in [7, 11) is 0. The van der Waals surface area contributed by atoms with Gasteiger partial charge in [0.2, 0.25) is 0 Å². The van der Waals surface area contributed by atoms with Gasteiger partial charge in [0.1, 0.15) is 5.82 Å². The Balaban J connectivity index is 1.46. The minimum absolute atomic E-state index is 0.000566. The third kappa shape index (κ3) is 4.49. The van der Waals surface area contributed by atoms with Gasteiger partial charge in [-0.3, -0.25) is 0 Å². The van der Waals surface area contributed by atoms with Gasteiger partial charge in [-0.25, -0.2) is 13.2 Å². The van der Waals surface area contributed by atoms with Crippen LogP contribution in [0.5, 0.6) is 0 Å². The van der Waals surface area contributed by atoms with Gasteiger partial charge in [0.05, 0.1) is 17.1 Å². The Kier molecular flexibility index (Phi) is 6.04. The largest absolute Gasteiger partial charge is 0.366 e. The van der Waals surface area contributed by atoms with Gasteiger partial charge in [0.25, 0.3) is 6.43 Å². The number of hydrogen-bond acceptors (Lipinski definition) is 3. The van der Waals surface area contributed by atoms with Crippen LogP contribution in [0.1, 0.15) is 12.0 Å². The molecular formula is C23H21ClF3N3. The number of rotatable bonds is 5. The Morgan fingerprint density at radius 2 is 1.43 bits per heavy atom. The number of hydrogen-bond donors (Lipinski definition) is 1. The van der Waals surface area contributed by atoms with Gasteiger partial charge in [0.15, 0.2) is 0 Å². The van der Waals surface area contributed by atoms with E-state index >= 15 is 0 Å². The summed E-state index contributed by atoms with van der Waals surface area (Å²) >= 11 is 5.86. The van der Waals surface area contributed by atoms with Crippen molar-refractivity contribution in [1.29, 1.82) is 0 Å². The summed E-state index contributed by atoms with van der Waals surface area (Å²) in [5, 5.41) is 3.70. The highest BCUT2D eigenvalue weighted by molar-refractivity contribution is 6.30. The molecule has 0 aliphatic carbocycles. The molecule has 1 fully saturated rings. The lowest BCUT2D eigenvalue weighted by Crippen LogP contribution is -2.47. The average molecular weight is 432 g/mol. The second kappa shape index (κ2) is 8.88. The first-order valence-electron chi connectivity index (χ1n) is 9.70. The van der Waals surface area contributed by atoms with Crippen LogP contribution in [0, 0.1) is 5.82 Å². The van der Waals surface area contributed by atoms with Gasteiger partial charge in [0, 0.05) is 42.5 Å². The molecule has 0 atom stereocenters. The number of benzene rings is 3. The first-order valence-corrected chi connectivity index (χ1v) is 10.1. The van der Waals surface area contributed by atoms with Crippen LogP contribution in [0.4, 0.5) is 35.9 Å². The van der Waals surface area contributed by atoms with Crippen LogP contribution in [-0.4, -0.2) is 26.2 Å². The monoisotopic (exact) mass is 431 g/mol. The highest BCUT2D eigenvalue weighted by Crippen LogP contribution is 2.31. The summed E-state index contributed by atoms with van der Waals surface area (Å²) in [6.45, 7) is 2.81. The van der Waals surface area contributed by atoms with E-state index < -0.39 is 6.43 Å². The molecule has 1 aliphatic heterocycles. The molecule has 7 heteroatoms. The normalized spacial score (nSPS) is 14.3. The number of nitrogens with one attached hydrogen (secondary N) is 1. The van der Waals surface area contributed by atoms with Gasteiger partial charge in [-0.2, -0.15) is 0 Å². The van der Waals surface area contributed by atoms with E-state index in [-0.39, 0.29) is 11.4 Å². The van der Waals surface area contributed by atoms with Gasteiger partial charge in [-0.1, -0.05) is 35.9 Å². The summed E-state index contributed by atoms with van der Waals surface area (Å²) in [5.41, 5.74) is 3.22. The summed E-state index contributed by atoms with van der Waals surface area (Å²) in [5.74, 6) is -0.315. The highest BCUT2D eigenvalue weighted by Gasteiger charge is 2.21. The molecule has 4 rings (SSSR count). The molecular weight excluding hydrogens is 411 g/mol. The van der Waals surface area contributed by atoms with Crippen LogP contribution < -0.4 is 15.1 Å². The number of piperazine rings is 1. The van der Waals surface area contributed by atoms with Crippen molar-refractivity contribution in [1.82, 2.24) is 0 Å². The summed E-state index contributed by atoms with van der Waals surface area (Å²) in [6.07, 6.45) is -2.48. The van der Waals surface area contributed by atoms with E-state index in [9.17, 15) is 13.2 Å². The van der Waals surface area contributed by atoms with Gasteiger partial charge < -0.3 is 15.1 Å². The number of alkyl halides is 2. The molecule has 1 aliphatic rings. The molecule has 0 radical (unpaired) electrons. The fourth-order valence-electron chi connectivity index (χ4n) is 3.65. The highest BCUT2D eigenvalue weighted by atomic mass is 35.5. The van der Waals surface area contributed by atoms with Crippen molar-refractivity contribution in [2.24, 2.45) is 0 Å². The van der Waals surface area contributed by atoms with Gasteiger partial charge in [-0.15, -0.1) is 0 Å². The van der Waals surface area contributed by atoms with Crippen molar-refractivity contribution < 1.29 is 13.2 Å². The molecule has 3 aromatic rings. The van der Waals surface area contributed by atoms with Crippen molar-refractivity contribution in [2.45, 2.75) is 6.43 Å². The van der Waals surface area contributed by atoms with Crippen LogP contribution >= 0.6 is 11.6 Å². The molecule has 3 aromatic carbocycles. The van der Waals surface area contributed by atoms with Crippen molar-refractivity contribution in [3.05, 3.63) is 83.1 Å². The lowest BCUT2D eigenvalue weighted by atomic mass is 10.1. The zero-order valence-electron chi connectivity index (χ0n) is 16.2. The van der Waals surface area contributed by atoms with E-state index in [1.54, 1.807) is 24.3 Å². The number of nitrogens with zero attached hydrogens (tertiary/aromatic N) is 2. The second-order valence-electron chi connectivity index (χ2n) is 7.13. The Labute approximate surface area is 178 Å². The van der Waals surface area contributed by atoms with E-state index in [1.807, 2.05) is 29.2 Å². The minimum atomic E-state index is -2.48. The first-order chi connectivity index (χ1) is 14.5. The van der Waals surface area contributed by atoms with E-state index in [0.29, 0.717) is 23.8 Å².